The van der Waals surface area contributed by atoms with E-state index in [2.05, 4.69) is 21.2 Å². The van der Waals surface area contributed by atoms with Crippen molar-refractivity contribution in [2.75, 3.05) is 5.33 Å². The Morgan fingerprint density at radius 1 is 1.05 bits per heavy atom. The molecule has 5 aliphatic carbocycles. The quantitative estimate of drug-likeness (QED) is 0.788. The van der Waals surface area contributed by atoms with Gasteiger partial charge in [-0.05, 0) is 75.5 Å². The van der Waals surface area contributed by atoms with E-state index >= 15 is 0 Å². The Balaban J connectivity index is 1.53. The van der Waals surface area contributed by atoms with Crippen LogP contribution in [0.3, 0.4) is 0 Å². The predicted octanol–water partition coefficient (Wildman–Crippen LogP) is 3.64. The van der Waals surface area contributed by atoms with Gasteiger partial charge in [0, 0.05) is 16.3 Å². The van der Waals surface area contributed by atoms with Crippen LogP contribution in [-0.4, -0.2) is 16.8 Å². The summed E-state index contributed by atoms with van der Waals surface area (Å²) in [6, 6.07) is 0. The fourth-order valence-electron chi connectivity index (χ4n) is 5.66. The molecular weight excluding hydrogens is 302 g/mol. The second-order valence-electron chi connectivity index (χ2n) is 7.92. The molecule has 4 bridgehead atoms. The third-order valence-corrected chi connectivity index (χ3v) is 7.54. The highest BCUT2D eigenvalue weighted by atomic mass is 79.9. The van der Waals surface area contributed by atoms with E-state index in [0.29, 0.717) is 5.91 Å². The van der Waals surface area contributed by atoms with Crippen LogP contribution in [0.4, 0.5) is 0 Å². The van der Waals surface area contributed by atoms with E-state index < -0.39 is 0 Å². The summed E-state index contributed by atoms with van der Waals surface area (Å²) in [5.41, 5.74) is 0.125. The number of hydrogen-bond acceptors (Lipinski definition) is 1. The van der Waals surface area contributed by atoms with Crippen molar-refractivity contribution in [3.05, 3.63) is 0 Å². The maximum atomic E-state index is 12.9. The molecule has 5 rings (SSSR count). The maximum absolute atomic E-state index is 12.9. The maximum Gasteiger partial charge on any atom is 0.226 e. The van der Waals surface area contributed by atoms with Crippen molar-refractivity contribution in [1.82, 2.24) is 5.32 Å². The molecule has 0 spiro atoms. The van der Waals surface area contributed by atoms with Crippen molar-refractivity contribution < 1.29 is 4.79 Å². The number of amides is 1. The van der Waals surface area contributed by atoms with Crippen molar-refractivity contribution >= 4 is 21.8 Å². The molecule has 0 saturated heterocycles. The number of carbonyl (C=O) groups is 1. The Bertz CT molecular complexity index is 361. The van der Waals surface area contributed by atoms with Crippen LogP contribution in [0, 0.1) is 23.2 Å². The summed E-state index contributed by atoms with van der Waals surface area (Å²) in [5, 5.41) is 4.38. The van der Waals surface area contributed by atoms with Gasteiger partial charge >= 0.3 is 0 Å². The van der Waals surface area contributed by atoms with Gasteiger partial charge in [0.1, 0.15) is 0 Å². The average molecular weight is 326 g/mol. The summed E-state index contributed by atoms with van der Waals surface area (Å²) in [5.74, 6) is 2.99. The van der Waals surface area contributed by atoms with Crippen molar-refractivity contribution in [1.29, 1.82) is 0 Å². The van der Waals surface area contributed by atoms with E-state index in [1.54, 1.807) is 0 Å². The molecular formula is C16H24BrNO. The Kier molecular flexibility index (Phi) is 2.82. The number of nitrogens with one attached hydrogen (secondary N) is 1. The molecule has 5 aliphatic rings. The van der Waals surface area contributed by atoms with Crippen molar-refractivity contribution in [3.63, 3.8) is 0 Å². The molecule has 1 amide bonds. The molecule has 0 atom stereocenters. The van der Waals surface area contributed by atoms with Crippen LogP contribution in [0.2, 0.25) is 0 Å². The van der Waals surface area contributed by atoms with E-state index in [4.69, 9.17) is 0 Å². The summed E-state index contributed by atoms with van der Waals surface area (Å²) in [6.45, 7) is 0. The molecule has 0 aromatic carbocycles. The summed E-state index contributed by atoms with van der Waals surface area (Å²) in [4.78, 5) is 12.9. The summed E-state index contributed by atoms with van der Waals surface area (Å²) in [6.07, 6.45) is 11.4. The smallest absolute Gasteiger partial charge is 0.226 e. The van der Waals surface area contributed by atoms with Crippen LogP contribution in [0.1, 0.15) is 57.8 Å². The minimum Gasteiger partial charge on any atom is -0.349 e. The fourth-order valence-corrected chi connectivity index (χ4v) is 6.36. The summed E-state index contributed by atoms with van der Waals surface area (Å²) >= 11 is 3.61. The van der Waals surface area contributed by atoms with Crippen LogP contribution in [0.5, 0.6) is 0 Å². The lowest BCUT2D eigenvalue weighted by Crippen LogP contribution is -2.61. The monoisotopic (exact) mass is 325 g/mol. The van der Waals surface area contributed by atoms with Gasteiger partial charge in [0.2, 0.25) is 5.91 Å². The van der Waals surface area contributed by atoms with Gasteiger partial charge < -0.3 is 5.32 Å². The fraction of sp³-hybridized carbons (Fsp3) is 0.938. The first-order valence-electron chi connectivity index (χ1n) is 8.02. The molecule has 0 radical (unpaired) electrons. The molecule has 0 aromatic heterocycles. The van der Waals surface area contributed by atoms with Gasteiger partial charge in [-0.15, -0.1) is 0 Å². The number of halogens is 1. The Hall–Kier alpha value is -0.0500. The number of hydrogen-bond donors (Lipinski definition) is 1. The van der Waals surface area contributed by atoms with Gasteiger partial charge in [-0.25, -0.2) is 0 Å². The molecule has 5 saturated carbocycles. The van der Waals surface area contributed by atoms with Crippen molar-refractivity contribution in [2.45, 2.75) is 63.3 Å². The zero-order chi connectivity index (χ0) is 13.1. The van der Waals surface area contributed by atoms with Crippen LogP contribution >= 0.6 is 15.9 Å². The summed E-state index contributed by atoms with van der Waals surface area (Å²) < 4.78 is 0. The van der Waals surface area contributed by atoms with Gasteiger partial charge in [0.25, 0.3) is 0 Å². The van der Waals surface area contributed by atoms with E-state index in [-0.39, 0.29) is 11.0 Å². The van der Waals surface area contributed by atoms with E-state index in [1.165, 1.54) is 44.9 Å². The lowest BCUT2D eigenvalue weighted by Gasteiger charge is -2.56. The largest absolute Gasteiger partial charge is 0.349 e. The zero-order valence-corrected chi connectivity index (χ0v) is 13.2. The lowest BCUT2D eigenvalue weighted by molar-refractivity contribution is -0.149. The first kappa shape index (κ1) is 12.7. The van der Waals surface area contributed by atoms with Crippen LogP contribution in [0.15, 0.2) is 0 Å². The van der Waals surface area contributed by atoms with Crippen LogP contribution < -0.4 is 5.32 Å². The van der Waals surface area contributed by atoms with E-state index in [0.717, 1.165) is 35.9 Å². The number of alkyl halides is 1. The van der Waals surface area contributed by atoms with Crippen LogP contribution in [0.25, 0.3) is 0 Å². The number of rotatable bonds is 3. The highest BCUT2D eigenvalue weighted by Gasteiger charge is 2.55. The third-order valence-electron chi connectivity index (χ3n) is 6.47. The Morgan fingerprint density at radius 2 is 1.58 bits per heavy atom. The van der Waals surface area contributed by atoms with Gasteiger partial charge in [-0.1, -0.05) is 15.9 Å². The highest BCUT2D eigenvalue weighted by Crippen LogP contribution is 2.60. The molecule has 0 aromatic rings. The molecule has 19 heavy (non-hydrogen) atoms. The molecule has 106 valence electrons. The second kappa shape index (κ2) is 4.22. The van der Waals surface area contributed by atoms with E-state index in [1.807, 2.05) is 0 Å². The minimum absolute atomic E-state index is 0.0273. The Labute approximate surface area is 124 Å². The standard InChI is InChI=1S/C16H24BrNO/c17-10-16(2-1-3-16)18-14(19)15-7-11-4-12(8-15)6-13(5-11)9-15/h11-13H,1-10H2,(H,18,19). The average Bonchev–Trinajstić information content (AvgIpc) is 2.31. The lowest BCUT2D eigenvalue weighted by atomic mass is 9.49. The van der Waals surface area contributed by atoms with Crippen molar-refractivity contribution in [2.24, 2.45) is 23.2 Å². The number of carbonyl (C=O) groups excluding carboxylic acids is 1. The van der Waals surface area contributed by atoms with Gasteiger partial charge in [0.15, 0.2) is 0 Å². The third kappa shape index (κ3) is 1.91. The first-order chi connectivity index (χ1) is 9.13. The SMILES string of the molecule is O=C(NC1(CBr)CCC1)C12CC3CC(CC(C3)C1)C2. The highest BCUT2D eigenvalue weighted by molar-refractivity contribution is 9.09. The zero-order valence-electron chi connectivity index (χ0n) is 11.6. The van der Waals surface area contributed by atoms with Gasteiger partial charge in [0.05, 0.1) is 0 Å². The Morgan fingerprint density at radius 3 is 1.95 bits per heavy atom. The molecule has 3 heteroatoms. The van der Waals surface area contributed by atoms with Gasteiger partial charge in [-0.2, -0.15) is 0 Å². The molecule has 0 aliphatic heterocycles. The summed E-state index contributed by atoms with van der Waals surface area (Å²) in [7, 11) is 0. The first-order valence-corrected chi connectivity index (χ1v) is 9.14. The second-order valence-corrected chi connectivity index (χ2v) is 8.48. The van der Waals surface area contributed by atoms with E-state index in [9.17, 15) is 4.79 Å². The predicted molar refractivity (Wildman–Crippen MR) is 79.1 cm³/mol. The molecule has 5 fully saturated rings. The molecule has 2 nitrogen and oxygen atoms in total. The molecule has 0 unspecified atom stereocenters. The molecule has 0 heterocycles. The molecule has 1 N–H and O–H groups in total. The van der Waals surface area contributed by atoms with Crippen molar-refractivity contribution in [3.8, 4) is 0 Å². The van der Waals surface area contributed by atoms with Gasteiger partial charge in [-0.3, -0.25) is 4.79 Å². The topological polar surface area (TPSA) is 29.1 Å². The minimum atomic E-state index is 0.0273. The normalized spacial score (nSPS) is 45.8. The van der Waals surface area contributed by atoms with Crippen LogP contribution in [-0.2, 0) is 4.79 Å².